The van der Waals surface area contributed by atoms with Crippen LogP contribution in [0.1, 0.15) is 15.9 Å². The van der Waals surface area contributed by atoms with Crippen LogP contribution in [-0.4, -0.2) is 35.8 Å². The van der Waals surface area contributed by atoms with Crippen LogP contribution in [0.5, 0.6) is 5.75 Å². The SMILES string of the molecule is COc1ccc(S(=O)(=O)c2ccc(CNC(=O)c3cnc4nccn4c3)cc2)cc1. The first kappa shape index (κ1) is 19.6. The van der Waals surface area contributed by atoms with E-state index in [2.05, 4.69) is 15.3 Å². The molecule has 2 aromatic heterocycles. The van der Waals surface area contributed by atoms with Gasteiger partial charge in [-0.1, -0.05) is 12.1 Å². The van der Waals surface area contributed by atoms with Gasteiger partial charge in [-0.2, -0.15) is 0 Å². The van der Waals surface area contributed by atoms with E-state index >= 15 is 0 Å². The van der Waals surface area contributed by atoms with Crippen LogP contribution in [0, 0.1) is 0 Å². The molecule has 0 radical (unpaired) electrons. The summed E-state index contributed by atoms with van der Waals surface area (Å²) in [5, 5.41) is 2.80. The first-order chi connectivity index (χ1) is 14.5. The van der Waals surface area contributed by atoms with E-state index < -0.39 is 9.84 Å². The summed E-state index contributed by atoms with van der Waals surface area (Å²) in [5.74, 6) is 0.815. The summed E-state index contributed by atoms with van der Waals surface area (Å²) in [6, 6.07) is 12.6. The normalized spacial score (nSPS) is 11.4. The topological polar surface area (TPSA) is 103 Å². The van der Waals surface area contributed by atoms with Gasteiger partial charge in [0, 0.05) is 31.3 Å². The zero-order valence-corrected chi connectivity index (χ0v) is 16.8. The van der Waals surface area contributed by atoms with Gasteiger partial charge in [-0.15, -0.1) is 0 Å². The lowest BCUT2D eigenvalue weighted by molar-refractivity contribution is 0.0950. The Bertz CT molecular complexity index is 1300. The second-order valence-electron chi connectivity index (χ2n) is 6.48. The molecule has 0 atom stereocenters. The molecule has 0 aliphatic carbocycles. The van der Waals surface area contributed by atoms with Crippen molar-refractivity contribution in [2.45, 2.75) is 16.3 Å². The largest absolute Gasteiger partial charge is 0.497 e. The third-order valence-corrected chi connectivity index (χ3v) is 6.35. The number of hydrogen-bond donors (Lipinski definition) is 1. The molecule has 4 aromatic rings. The first-order valence-electron chi connectivity index (χ1n) is 9.02. The number of sulfone groups is 1. The van der Waals surface area contributed by atoms with Crippen molar-refractivity contribution in [1.82, 2.24) is 19.7 Å². The molecule has 0 bridgehead atoms. The maximum atomic E-state index is 12.8. The van der Waals surface area contributed by atoms with Crippen molar-refractivity contribution in [3.05, 3.63) is 84.4 Å². The van der Waals surface area contributed by atoms with Gasteiger partial charge in [0.1, 0.15) is 5.75 Å². The van der Waals surface area contributed by atoms with E-state index in [4.69, 9.17) is 4.74 Å². The van der Waals surface area contributed by atoms with Crippen molar-refractivity contribution in [1.29, 1.82) is 0 Å². The molecule has 1 N–H and O–H groups in total. The summed E-state index contributed by atoms with van der Waals surface area (Å²) in [6.07, 6.45) is 6.42. The summed E-state index contributed by atoms with van der Waals surface area (Å²) in [4.78, 5) is 20.9. The third kappa shape index (κ3) is 3.87. The minimum Gasteiger partial charge on any atom is -0.497 e. The van der Waals surface area contributed by atoms with Gasteiger partial charge in [0.05, 0.1) is 22.5 Å². The number of carbonyl (C=O) groups is 1. The van der Waals surface area contributed by atoms with Crippen molar-refractivity contribution in [2.75, 3.05) is 7.11 Å². The number of ether oxygens (including phenoxy) is 1. The van der Waals surface area contributed by atoms with Crippen LogP contribution in [0.3, 0.4) is 0 Å². The fourth-order valence-corrected chi connectivity index (χ4v) is 4.16. The van der Waals surface area contributed by atoms with Crippen LogP contribution in [0.25, 0.3) is 5.78 Å². The van der Waals surface area contributed by atoms with E-state index in [0.29, 0.717) is 17.1 Å². The van der Waals surface area contributed by atoms with Crippen LogP contribution in [0.4, 0.5) is 0 Å². The molecule has 8 nitrogen and oxygen atoms in total. The van der Waals surface area contributed by atoms with E-state index in [1.54, 1.807) is 47.3 Å². The Morgan fingerprint density at radius 1 is 1.03 bits per heavy atom. The number of fused-ring (bicyclic) bond motifs is 1. The molecule has 4 rings (SSSR count). The number of benzene rings is 2. The number of aromatic nitrogens is 3. The highest BCUT2D eigenvalue weighted by molar-refractivity contribution is 7.91. The molecule has 9 heteroatoms. The van der Waals surface area contributed by atoms with Gasteiger partial charge < -0.3 is 10.1 Å². The third-order valence-electron chi connectivity index (χ3n) is 4.56. The Labute approximate surface area is 173 Å². The minimum atomic E-state index is -3.63. The molecular weight excluding hydrogens is 404 g/mol. The second kappa shape index (κ2) is 7.96. The maximum absolute atomic E-state index is 12.8. The van der Waals surface area contributed by atoms with Crippen molar-refractivity contribution in [3.8, 4) is 5.75 Å². The summed E-state index contributed by atoms with van der Waals surface area (Å²) in [7, 11) is -2.11. The molecule has 152 valence electrons. The summed E-state index contributed by atoms with van der Waals surface area (Å²) < 4.78 is 32.2. The number of rotatable bonds is 6. The Balaban J connectivity index is 1.44. The number of imidazole rings is 1. The zero-order chi connectivity index (χ0) is 21.1. The van der Waals surface area contributed by atoms with Crippen molar-refractivity contribution >= 4 is 21.5 Å². The van der Waals surface area contributed by atoms with Crippen molar-refractivity contribution in [3.63, 3.8) is 0 Å². The lowest BCUT2D eigenvalue weighted by Gasteiger charge is -2.08. The van der Waals surface area contributed by atoms with Crippen LogP contribution < -0.4 is 10.1 Å². The van der Waals surface area contributed by atoms with Crippen LogP contribution in [-0.2, 0) is 16.4 Å². The van der Waals surface area contributed by atoms with Gasteiger partial charge >= 0.3 is 0 Å². The van der Waals surface area contributed by atoms with Gasteiger partial charge in [-0.25, -0.2) is 18.4 Å². The molecular formula is C21H18N4O4S. The van der Waals surface area contributed by atoms with E-state index in [1.165, 1.54) is 37.6 Å². The Hall–Kier alpha value is -3.72. The molecule has 0 unspecified atom stereocenters. The van der Waals surface area contributed by atoms with Gasteiger partial charge in [0.2, 0.25) is 15.6 Å². The standard InChI is InChI=1S/C21H18N4O4S/c1-29-17-4-8-19(9-5-17)30(27,28)18-6-2-15(3-7-18)12-23-20(26)16-13-24-21-22-10-11-25(21)14-16/h2-11,13-14H,12H2,1H3,(H,23,26). The average Bonchev–Trinajstić information content (AvgIpc) is 3.25. The Kier molecular flexibility index (Phi) is 5.20. The summed E-state index contributed by atoms with van der Waals surface area (Å²) in [6.45, 7) is 0.254. The highest BCUT2D eigenvalue weighted by Gasteiger charge is 2.17. The zero-order valence-electron chi connectivity index (χ0n) is 16.0. The predicted molar refractivity (Wildman–Crippen MR) is 109 cm³/mol. The summed E-state index contributed by atoms with van der Waals surface area (Å²) in [5.41, 5.74) is 1.17. The maximum Gasteiger partial charge on any atom is 0.254 e. The Morgan fingerprint density at radius 2 is 1.70 bits per heavy atom. The van der Waals surface area contributed by atoms with Gasteiger partial charge in [-0.3, -0.25) is 9.20 Å². The fraction of sp³-hybridized carbons (Fsp3) is 0.0952. The summed E-state index contributed by atoms with van der Waals surface area (Å²) >= 11 is 0. The molecule has 30 heavy (non-hydrogen) atoms. The van der Waals surface area contributed by atoms with Crippen LogP contribution in [0.2, 0.25) is 0 Å². The Morgan fingerprint density at radius 3 is 2.37 bits per heavy atom. The smallest absolute Gasteiger partial charge is 0.254 e. The molecule has 2 aromatic carbocycles. The lowest BCUT2D eigenvalue weighted by Crippen LogP contribution is -2.23. The lowest BCUT2D eigenvalue weighted by atomic mass is 10.2. The average molecular weight is 422 g/mol. The van der Waals surface area contributed by atoms with Crippen LogP contribution >= 0.6 is 0 Å². The van der Waals surface area contributed by atoms with Gasteiger partial charge in [0.15, 0.2) is 0 Å². The van der Waals surface area contributed by atoms with E-state index in [9.17, 15) is 13.2 Å². The van der Waals surface area contributed by atoms with E-state index in [-0.39, 0.29) is 22.2 Å². The van der Waals surface area contributed by atoms with Crippen LogP contribution in [0.15, 0.2) is 83.1 Å². The van der Waals surface area contributed by atoms with Gasteiger partial charge in [-0.05, 0) is 42.0 Å². The van der Waals surface area contributed by atoms with E-state index in [1.807, 2.05) is 0 Å². The number of nitrogens with one attached hydrogen (secondary N) is 1. The number of carbonyl (C=O) groups excluding carboxylic acids is 1. The number of methoxy groups -OCH3 is 1. The number of nitrogens with zero attached hydrogens (tertiary/aromatic N) is 3. The molecule has 0 saturated heterocycles. The van der Waals surface area contributed by atoms with Crippen molar-refractivity contribution < 1.29 is 17.9 Å². The highest BCUT2D eigenvalue weighted by Crippen LogP contribution is 2.23. The fourth-order valence-electron chi connectivity index (χ4n) is 2.90. The molecule has 1 amide bonds. The predicted octanol–water partition coefficient (Wildman–Crippen LogP) is 2.50. The number of hydrogen-bond acceptors (Lipinski definition) is 6. The number of amides is 1. The first-order valence-corrected chi connectivity index (χ1v) is 10.5. The molecule has 0 spiro atoms. The van der Waals surface area contributed by atoms with Gasteiger partial charge in [0.25, 0.3) is 5.91 Å². The molecule has 0 aliphatic rings. The minimum absolute atomic E-state index is 0.178. The molecule has 2 heterocycles. The molecule has 0 aliphatic heterocycles. The second-order valence-corrected chi connectivity index (χ2v) is 8.43. The van der Waals surface area contributed by atoms with Crippen molar-refractivity contribution in [2.24, 2.45) is 0 Å². The monoisotopic (exact) mass is 422 g/mol. The quantitative estimate of drug-likeness (QED) is 0.512. The van der Waals surface area contributed by atoms with E-state index in [0.717, 1.165) is 5.56 Å². The molecule has 0 fully saturated rings. The molecule has 0 saturated carbocycles. The highest BCUT2D eigenvalue weighted by atomic mass is 32.2.